The van der Waals surface area contributed by atoms with E-state index in [9.17, 15) is 9.59 Å². The molecule has 2 aromatic rings. The van der Waals surface area contributed by atoms with Crippen LogP contribution in [0.3, 0.4) is 0 Å². The van der Waals surface area contributed by atoms with E-state index in [2.05, 4.69) is 10.6 Å². The Balaban J connectivity index is 1.30. The molecule has 1 heterocycles. The van der Waals surface area contributed by atoms with E-state index < -0.39 is 0 Å². The van der Waals surface area contributed by atoms with E-state index in [1.54, 1.807) is 24.3 Å². The molecule has 0 spiro atoms. The Kier molecular flexibility index (Phi) is 6.54. The number of carbonyl (C=O) groups is 2. The van der Waals surface area contributed by atoms with Gasteiger partial charge in [0.05, 0.1) is 0 Å². The lowest BCUT2D eigenvalue weighted by atomic mass is 10.1. The molecule has 0 unspecified atom stereocenters. The number of anilines is 1. The molecule has 0 saturated carbocycles. The van der Waals surface area contributed by atoms with Crippen molar-refractivity contribution in [3.8, 4) is 11.5 Å². The van der Waals surface area contributed by atoms with E-state index in [0.717, 1.165) is 17.1 Å². The van der Waals surface area contributed by atoms with Crippen LogP contribution in [0.1, 0.15) is 24.8 Å². The molecule has 0 aliphatic carbocycles. The molecule has 2 amide bonds. The van der Waals surface area contributed by atoms with Crippen molar-refractivity contribution < 1.29 is 19.1 Å². The molecule has 27 heavy (non-hydrogen) atoms. The van der Waals surface area contributed by atoms with Crippen molar-refractivity contribution >= 4 is 29.1 Å². The number of hydrogen-bond donors (Lipinski definition) is 2. The second-order valence-electron chi connectivity index (χ2n) is 6.20. The summed E-state index contributed by atoms with van der Waals surface area (Å²) < 4.78 is 10.6. The molecule has 1 aliphatic rings. The lowest BCUT2D eigenvalue weighted by molar-refractivity contribution is -0.121. The van der Waals surface area contributed by atoms with E-state index in [1.807, 2.05) is 18.2 Å². The van der Waals surface area contributed by atoms with Gasteiger partial charge in [-0.15, -0.1) is 0 Å². The Labute approximate surface area is 162 Å². The van der Waals surface area contributed by atoms with Crippen LogP contribution in [0, 0.1) is 0 Å². The molecule has 1 aliphatic heterocycles. The van der Waals surface area contributed by atoms with Gasteiger partial charge in [-0.3, -0.25) is 9.59 Å². The van der Waals surface area contributed by atoms with Crippen LogP contribution in [0.25, 0.3) is 0 Å². The van der Waals surface area contributed by atoms with Crippen molar-refractivity contribution in [3.05, 3.63) is 53.1 Å². The van der Waals surface area contributed by atoms with Crippen LogP contribution >= 0.6 is 11.6 Å². The maximum atomic E-state index is 11.9. The summed E-state index contributed by atoms with van der Waals surface area (Å²) in [6, 6.07) is 12.6. The quantitative estimate of drug-likeness (QED) is 0.678. The summed E-state index contributed by atoms with van der Waals surface area (Å²) in [4.78, 5) is 23.8. The standard InChI is InChI=1S/C20H21ClN2O4/c21-15-5-7-16(8-6-15)23-20(25)2-1-11-22-19(24)10-4-14-3-9-17-18(12-14)27-13-26-17/h3,5-9,12H,1-2,4,10-11,13H2,(H,22,24)(H,23,25). The fourth-order valence-corrected chi connectivity index (χ4v) is 2.80. The third-order valence-corrected chi connectivity index (χ3v) is 4.36. The smallest absolute Gasteiger partial charge is 0.231 e. The highest BCUT2D eigenvalue weighted by Crippen LogP contribution is 2.32. The normalized spacial score (nSPS) is 11.9. The van der Waals surface area contributed by atoms with Gasteiger partial charge in [0, 0.05) is 30.1 Å². The first-order valence-electron chi connectivity index (χ1n) is 8.81. The number of amides is 2. The summed E-state index contributed by atoms with van der Waals surface area (Å²) in [5.41, 5.74) is 1.73. The zero-order chi connectivity index (χ0) is 19.1. The summed E-state index contributed by atoms with van der Waals surface area (Å²) in [5.74, 6) is 1.33. The van der Waals surface area contributed by atoms with Gasteiger partial charge in [0.15, 0.2) is 11.5 Å². The fraction of sp³-hybridized carbons (Fsp3) is 0.300. The van der Waals surface area contributed by atoms with Crippen molar-refractivity contribution in [2.45, 2.75) is 25.7 Å². The second-order valence-corrected chi connectivity index (χ2v) is 6.63. The number of ether oxygens (including phenoxy) is 2. The molecule has 142 valence electrons. The Morgan fingerprint density at radius 2 is 1.74 bits per heavy atom. The number of halogens is 1. The average molecular weight is 389 g/mol. The highest BCUT2D eigenvalue weighted by molar-refractivity contribution is 6.30. The minimum atomic E-state index is -0.0908. The summed E-state index contributed by atoms with van der Waals surface area (Å²) in [6.07, 6.45) is 1.93. The third kappa shape index (κ3) is 5.89. The minimum absolute atomic E-state index is 0.0363. The van der Waals surface area contributed by atoms with E-state index in [0.29, 0.717) is 42.9 Å². The van der Waals surface area contributed by atoms with Gasteiger partial charge in [0.2, 0.25) is 18.6 Å². The molecular formula is C20H21ClN2O4. The van der Waals surface area contributed by atoms with Crippen molar-refractivity contribution in [1.82, 2.24) is 5.32 Å². The number of benzene rings is 2. The monoisotopic (exact) mass is 388 g/mol. The Morgan fingerprint density at radius 3 is 2.56 bits per heavy atom. The van der Waals surface area contributed by atoms with Gasteiger partial charge in [-0.2, -0.15) is 0 Å². The molecule has 0 aromatic heterocycles. The predicted octanol–water partition coefficient (Wildman–Crippen LogP) is 3.54. The molecule has 0 radical (unpaired) electrons. The first-order chi connectivity index (χ1) is 13.1. The highest BCUT2D eigenvalue weighted by atomic mass is 35.5. The van der Waals surface area contributed by atoms with Crippen LogP contribution in [0.15, 0.2) is 42.5 Å². The molecule has 0 fully saturated rings. The van der Waals surface area contributed by atoms with Gasteiger partial charge in [-0.1, -0.05) is 17.7 Å². The molecular weight excluding hydrogens is 368 g/mol. The second kappa shape index (κ2) is 9.28. The van der Waals surface area contributed by atoms with Gasteiger partial charge >= 0.3 is 0 Å². The van der Waals surface area contributed by atoms with E-state index in [4.69, 9.17) is 21.1 Å². The predicted molar refractivity (Wildman–Crippen MR) is 103 cm³/mol. The summed E-state index contributed by atoms with van der Waals surface area (Å²) in [7, 11) is 0. The molecule has 0 bridgehead atoms. The lowest BCUT2D eigenvalue weighted by Crippen LogP contribution is -2.25. The number of nitrogens with one attached hydrogen (secondary N) is 2. The molecule has 0 saturated heterocycles. The first-order valence-corrected chi connectivity index (χ1v) is 9.18. The molecule has 3 rings (SSSR count). The van der Waals surface area contributed by atoms with Gasteiger partial charge in [-0.25, -0.2) is 0 Å². The minimum Gasteiger partial charge on any atom is -0.454 e. The topological polar surface area (TPSA) is 76.7 Å². The maximum absolute atomic E-state index is 11.9. The number of fused-ring (bicyclic) bond motifs is 1. The van der Waals surface area contributed by atoms with Crippen LogP contribution in [-0.2, 0) is 16.0 Å². The number of aryl methyl sites for hydroxylation is 1. The number of carbonyl (C=O) groups excluding carboxylic acids is 2. The van der Waals surface area contributed by atoms with Crippen LogP contribution < -0.4 is 20.1 Å². The fourth-order valence-electron chi connectivity index (χ4n) is 2.68. The first kappa shape index (κ1) is 19.0. The van der Waals surface area contributed by atoms with Gasteiger partial charge < -0.3 is 20.1 Å². The summed E-state index contributed by atoms with van der Waals surface area (Å²) >= 11 is 5.81. The lowest BCUT2D eigenvalue weighted by Gasteiger charge is -2.07. The van der Waals surface area contributed by atoms with Crippen LogP contribution in [-0.4, -0.2) is 25.2 Å². The van der Waals surface area contributed by atoms with Crippen molar-refractivity contribution in [3.63, 3.8) is 0 Å². The summed E-state index contributed by atoms with van der Waals surface area (Å²) in [6.45, 7) is 0.707. The third-order valence-electron chi connectivity index (χ3n) is 4.11. The summed E-state index contributed by atoms with van der Waals surface area (Å²) in [5, 5.41) is 6.25. The molecule has 6 nitrogen and oxygen atoms in total. The van der Waals surface area contributed by atoms with E-state index in [-0.39, 0.29) is 18.6 Å². The van der Waals surface area contributed by atoms with E-state index in [1.165, 1.54) is 0 Å². The Hall–Kier alpha value is -2.73. The molecule has 2 aromatic carbocycles. The Bertz CT molecular complexity index is 808. The number of hydrogen-bond acceptors (Lipinski definition) is 4. The van der Waals surface area contributed by atoms with Crippen LogP contribution in [0.2, 0.25) is 5.02 Å². The van der Waals surface area contributed by atoms with Crippen molar-refractivity contribution in [1.29, 1.82) is 0 Å². The molecule has 0 atom stereocenters. The highest BCUT2D eigenvalue weighted by Gasteiger charge is 2.13. The zero-order valence-corrected chi connectivity index (χ0v) is 15.6. The molecule has 7 heteroatoms. The van der Waals surface area contributed by atoms with Gasteiger partial charge in [0.25, 0.3) is 0 Å². The SMILES string of the molecule is O=C(CCc1ccc2c(c1)OCO2)NCCCC(=O)Nc1ccc(Cl)cc1. The maximum Gasteiger partial charge on any atom is 0.231 e. The van der Waals surface area contributed by atoms with Gasteiger partial charge in [0.1, 0.15) is 0 Å². The van der Waals surface area contributed by atoms with E-state index >= 15 is 0 Å². The number of rotatable bonds is 8. The average Bonchev–Trinajstić information content (AvgIpc) is 3.13. The molecule has 2 N–H and O–H groups in total. The van der Waals surface area contributed by atoms with Crippen molar-refractivity contribution in [2.24, 2.45) is 0 Å². The zero-order valence-electron chi connectivity index (χ0n) is 14.8. The largest absolute Gasteiger partial charge is 0.454 e. The van der Waals surface area contributed by atoms with Crippen molar-refractivity contribution in [2.75, 3.05) is 18.7 Å². The van der Waals surface area contributed by atoms with Crippen LogP contribution in [0.5, 0.6) is 11.5 Å². The van der Waals surface area contributed by atoms with Gasteiger partial charge in [-0.05, 0) is 54.8 Å². The Morgan fingerprint density at radius 1 is 0.963 bits per heavy atom. The van der Waals surface area contributed by atoms with Crippen LogP contribution in [0.4, 0.5) is 5.69 Å².